The van der Waals surface area contributed by atoms with Crippen LogP contribution < -0.4 is 0 Å². The van der Waals surface area contributed by atoms with E-state index in [4.69, 9.17) is 4.52 Å². The summed E-state index contributed by atoms with van der Waals surface area (Å²) in [5.41, 5.74) is 0.676. The summed E-state index contributed by atoms with van der Waals surface area (Å²) in [6, 6.07) is 8.96. The van der Waals surface area contributed by atoms with Gasteiger partial charge >= 0.3 is 0 Å². The largest absolute Gasteiger partial charge is 0.507 e. The molecule has 0 saturated heterocycles. The van der Waals surface area contributed by atoms with Gasteiger partial charge in [0.15, 0.2) is 0 Å². The maximum Gasteiger partial charge on any atom is 0.258 e. The van der Waals surface area contributed by atoms with Crippen LogP contribution in [0, 0.1) is 0 Å². The topological polar surface area (TPSA) is 59.2 Å². The van der Waals surface area contributed by atoms with Crippen LogP contribution >= 0.6 is 43.2 Å². The summed E-state index contributed by atoms with van der Waals surface area (Å²) in [4.78, 5) is 5.24. The first-order chi connectivity index (χ1) is 9.13. The van der Waals surface area contributed by atoms with E-state index in [1.807, 2.05) is 12.1 Å². The molecule has 0 bridgehead atoms. The normalized spacial score (nSPS) is 10.8. The van der Waals surface area contributed by atoms with Crippen LogP contribution in [0.15, 0.2) is 43.1 Å². The zero-order chi connectivity index (χ0) is 13.4. The van der Waals surface area contributed by atoms with Gasteiger partial charge in [-0.15, -0.1) is 11.3 Å². The molecule has 0 aliphatic rings. The quantitative estimate of drug-likeness (QED) is 0.676. The van der Waals surface area contributed by atoms with Crippen molar-refractivity contribution < 1.29 is 9.63 Å². The van der Waals surface area contributed by atoms with Gasteiger partial charge in [0.2, 0.25) is 5.82 Å². The zero-order valence-electron chi connectivity index (χ0n) is 9.30. The Morgan fingerprint density at radius 2 is 2.00 bits per heavy atom. The van der Waals surface area contributed by atoms with Crippen molar-refractivity contribution in [2.24, 2.45) is 0 Å². The Morgan fingerprint density at radius 1 is 1.16 bits per heavy atom. The van der Waals surface area contributed by atoms with Gasteiger partial charge in [-0.1, -0.05) is 5.16 Å². The van der Waals surface area contributed by atoms with E-state index in [1.165, 1.54) is 11.3 Å². The molecule has 0 aliphatic heterocycles. The Morgan fingerprint density at radius 3 is 2.68 bits per heavy atom. The van der Waals surface area contributed by atoms with Gasteiger partial charge in [-0.2, -0.15) is 4.98 Å². The summed E-state index contributed by atoms with van der Waals surface area (Å²) in [6.07, 6.45) is 0. The number of phenolic OH excluding ortho intramolecular Hbond substituents is 1. The highest BCUT2D eigenvalue weighted by atomic mass is 79.9. The second-order valence-corrected chi connectivity index (χ2v) is 7.01. The molecular formula is C12H6Br2N2O2S. The third kappa shape index (κ3) is 2.58. The standard InChI is InChI=1S/C12H6Br2N2O2S/c13-7-2-1-6(5-8(7)17)12-15-11(16-18-12)9-3-4-10(14)19-9/h1-5,17H. The van der Waals surface area contributed by atoms with Gasteiger partial charge < -0.3 is 9.63 Å². The second-order valence-electron chi connectivity index (χ2n) is 3.69. The number of hydrogen-bond acceptors (Lipinski definition) is 5. The molecule has 1 aromatic carbocycles. The zero-order valence-corrected chi connectivity index (χ0v) is 13.3. The monoisotopic (exact) mass is 400 g/mol. The molecule has 1 N–H and O–H groups in total. The number of aromatic nitrogens is 2. The minimum absolute atomic E-state index is 0.135. The number of hydrogen-bond donors (Lipinski definition) is 1. The highest BCUT2D eigenvalue weighted by Crippen LogP contribution is 2.32. The lowest BCUT2D eigenvalue weighted by molar-refractivity contribution is 0.431. The van der Waals surface area contributed by atoms with E-state index in [2.05, 4.69) is 42.0 Å². The average Bonchev–Trinajstić information content (AvgIpc) is 3.01. The van der Waals surface area contributed by atoms with Crippen molar-refractivity contribution in [3.63, 3.8) is 0 Å². The van der Waals surface area contributed by atoms with E-state index in [9.17, 15) is 5.11 Å². The van der Waals surface area contributed by atoms with E-state index < -0.39 is 0 Å². The summed E-state index contributed by atoms with van der Waals surface area (Å²) in [6.45, 7) is 0. The molecule has 0 fully saturated rings. The molecule has 7 heteroatoms. The van der Waals surface area contributed by atoms with Gasteiger partial charge in [-0.3, -0.25) is 0 Å². The van der Waals surface area contributed by atoms with Gasteiger partial charge in [0.25, 0.3) is 5.89 Å². The molecule has 0 radical (unpaired) electrons. The van der Waals surface area contributed by atoms with Crippen LogP contribution in [0.3, 0.4) is 0 Å². The van der Waals surface area contributed by atoms with Crippen molar-refractivity contribution in [2.45, 2.75) is 0 Å². The van der Waals surface area contributed by atoms with E-state index in [0.717, 1.165) is 8.66 Å². The number of halogens is 2. The first kappa shape index (κ1) is 12.8. The molecule has 3 aromatic rings. The lowest BCUT2D eigenvalue weighted by Crippen LogP contribution is -1.79. The number of nitrogens with zero attached hydrogens (tertiary/aromatic N) is 2. The van der Waals surface area contributed by atoms with Crippen molar-refractivity contribution in [1.82, 2.24) is 10.1 Å². The molecule has 0 saturated carbocycles. The second kappa shape index (κ2) is 5.07. The molecule has 96 valence electrons. The van der Waals surface area contributed by atoms with Crippen LogP contribution in [-0.2, 0) is 0 Å². The minimum Gasteiger partial charge on any atom is -0.507 e. The van der Waals surface area contributed by atoms with Crippen LogP contribution in [-0.4, -0.2) is 15.2 Å². The smallest absolute Gasteiger partial charge is 0.258 e. The molecule has 0 aliphatic carbocycles. The van der Waals surface area contributed by atoms with Crippen LogP contribution in [0.1, 0.15) is 0 Å². The van der Waals surface area contributed by atoms with Crippen molar-refractivity contribution in [3.8, 4) is 27.9 Å². The maximum absolute atomic E-state index is 9.65. The molecule has 0 amide bonds. The van der Waals surface area contributed by atoms with Crippen LogP contribution in [0.2, 0.25) is 0 Å². The lowest BCUT2D eigenvalue weighted by atomic mass is 10.2. The number of rotatable bonds is 2. The van der Waals surface area contributed by atoms with Crippen molar-refractivity contribution in [2.75, 3.05) is 0 Å². The number of phenols is 1. The van der Waals surface area contributed by atoms with Crippen molar-refractivity contribution >= 4 is 43.2 Å². The molecular weight excluding hydrogens is 396 g/mol. The fourth-order valence-electron chi connectivity index (χ4n) is 1.52. The Bertz CT molecular complexity index is 739. The van der Waals surface area contributed by atoms with Crippen molar-refractivity contribution in [3.05, 3.63) is 38.6 Å². The summed E-state index contributed by atoms with van der Waals surface area (Å²) in [7, 11) is 0. The van der Waals surface area contributed by atoms with Gasteiger partial charge in [0, 0.05) is 5.56 Å². The first-order valence-electron chi connectivity index (χ1n) is 5.22. The predicted molar refractivity (Wildman–Crippen MR) is 80.1 cm³/mol. The highest BCUT2D eigenvalue weighted by Gasteiger charge is 2.13. The first-order valence-corrected chi connectivity index (χ1v) is 7.62. The van der Waals surface area contributed by atoms with Crippen LogP contribution in [0.25, 0.3) is 22.2 Å². The SMILES string of the molecule is Oc1cc(-c2nc(-c3ccc(Br)s3)no2)ccc1Br. The minimum atomic E-state index is 0.135. The third-order valence-corrected chi connectivity index (χ3v) is 4.70. The fourth-order valence-corrected chi connectivity index (χ4v) is 3.08. The van der Waals surface area contributed by atoms with E-state index in [-0.39, 0.29) is 5.75 Å². The highest BCUT2D eigenvalue weighted by molar-refractivity contribution is 9.11. The van der Waals surface area contributed by atoms with Crippen LogP contribution in [0.5, 0.6) is 5.75 Å². The molecule has 2 heterocycles. The third-order valence-electron chi connectivity index (χ3n) is 2.41. The molecule has 3 rings (SSSR count). The van der Waals surface area contributed by atoms with Gasteiger partial charge in [-0.05, 0) is 62.2 Å². The fraction of sp³-hybridized carbons (Fsp3) is 0. The lowest BCUT2D eigenvalue weighted by Gasteiger charge is -1.97. The summed E-state index contributed by atoms with van der Waals surface area (Å²) < 4.78 is 6.85. The molecule has 19 heavy (non-hydrogen) atoms. The summed E-state index contributed by atoms with van der Waals surface area (Å²) >= 11 is 8.15. The summed E-state index contributed by atoms with van der Waals surface area (Å²) in [5.74, 6) is 1.05. The molecule has 4 nitrogen and oxygen atoms in total. The molecule has 0 unspecified atom stereocenters. The maximum atomic E-state index is 9.65. The van der Waals surface area contributed by atoms with Gasteiger partial charge in [0.1, 0.15) is 5.75 Å². The van der Waals surface area contributed by atoms with Crippen LogP contribution in [0.4, 0.5) is 0 Å². The van der Waals surface area contributed by atoms with E-state index >= 15 is 0 Å². The average molecular weight is 402 g/mol. The molecule has 0 atom stereocenters. The number of thiophene rings is 1. The molecule has 0 spiro atoms. The Kier molecular flexibility index (Phi) is 3.42. The van der Waals surface area contributed by atoms with E-state index in [1.54, 1.807) is 18.2 Å². The Hall–Kier alpha value is -1.18. The Balaban J connectivity index is 1.98. The molecule has 2 aromatic heterocycles. The number of benzene rings is 1. The summed E-state index contributed by atoms with van der Waals surface area (Å²) in [5, 5.41) is 13.6. The predicted octanol–water partition coefficient (Wildman–Crippen LogP) is 4.70. The van der Waals surface area contributed by atoms with Gasteiger partial charge in [0.05, 0.1) is 13.1 Å². The van der Waals surface area contributed by atoms with Gasteiger partial charge in [-0.25, -0.2) is 0 Å². The Labute approximate surface area is 129 Å². The van der Waals surface area contributed by atoms with Crippen molar-refractivity contribution in [1.29, 1.82) is 0 Å². The van der Waals surface area contributed by atoms with E-state index in [0.29, 0.717) is 21.8 Å². The number of aromatic hydroxyl groups is 1.